The number of rotatable bonds is 20. The van der Waals surface area contributed by atoms with Crippen molar-refractivity contribution in [3.8, 4) is 0 Å². The first-order valence-electron chi connectivity index (χ1n) is 26.2. The van der Waals surface area contributed by atoms with Crippen LogP contribution in [0.2, 0.25) is 0 Å². The minimum Gasteiger partial charge on any atom is -0.498 e. The molecule has 0 bridgehead atoms. The van der Waals surface area contributed by atoms with Gasteiger partial charge < -0.3 is 48.3 Å². The van der Waals surface area contributed by atoms with E-state index in [1.165, 1.54) is 37.0 Å². The van der Waals surface area contributed by atoms with Crippen LogP contribution in [0.3, 0.4) is 0 Å². The van der Waals surface area contributed by atoms with E-state index >= 15 is 0 Å². The molecule has 4 fully saturated rings. The van der Waals surface area contributed by atoms with Gasteiger partial charge in [-0.3, -0.25) is 19.5 Å². The van der Waals surface area contributed by atoms with E-state index in [0.717, 1.165) is 87.6 Å². The zero-order valence-electron chi connectivity index (χ0n) is 41.7. The third kappa shape index (κ3) is 11.3. The lowest BCUT2D eigenvalue weighted by molar-refractivity contribution is -0.139. The van der Waals surface area contributed by atoms with Crippen molar-refractivity contribution in [2.75, 3.05) is 87.2 Å². The number of methoxy groups -OCH3 is 3. The predicted octanol–water partition coefficient (Wildman–Crippen LogP) is 6.82. The van der Waals surface area contributed by atoms with E-state index in [2.05, 4.69) is 52.2 Å². The van der Waals surface area contributed by atoms with Crippen LogP contribution in [0.15, 0.2) is 51.5 Å². The molecule has 0 aromatic heterocycles. The van der Waals surface area contributed by atoms with Crippen molar-refractivity contribution >= 4 is 30.7 Å². The molecule has 9 aliphatic rings. The van der Waals surface area contributed by atoms with Crippen LogP contribution in [0.5, 0.6) is 0 Å². The first-order valence-corrected chi connectivity index (χ1v) is 26.7. The molecule has 4 aliphatic heterocycles. The maximum atomic E-state index is 14.4. The number of thiol groups is 1. The van der Waals surface area contributed by atoms with Gasteiger partial charge in [0.2, 0.25) is 11.8 Å². The van der Waals surface area contributed by atoms with Gasteiger partial charge in [0, 0.05) is 99.2 Å². The second-order valence-electron chi connectivity index (χ2n) is 21.8. The molecular formula is C53H81N5O9S. The van der Waals surface area contributed by atoms with Gasteiger partial charge in [-0.2, -0.15) is 12.6 Å². The third-order valence-corrected chi connectivity index (χ3v) is 16.7. The number of amides is 2. The van der Waals surface area contributed by atoms with E-state index in [1.807, 2.05) is 0 Å². The summed E-state index contributed by atoms with van der Waals surface area (Å²) in [6, 6.07) is 0.630. The molecule has 3 unspecified atom stereocenters. The molecular weight excluding hydrogens is 883 g/mol. The van der Waals surface area contributed by atoms with Crippen LogP contribution < -0.4 is 5.32 Å². The van der Waals surface area contributed by atoms with Crippen molar-refractivity contribution in [1.82, 2.24) is 20.0 Å². The van der Waals surface area contributed by atoms with Crippen molar-refractivity contribution in [2.45, 2.75) is 151 Å². The van der Waals surface area contributed by atoms with Gasteiger partial charge in [0.15, 0.2) is 0 Å². The topological polar surface area (TPSA) is 133 Å². The number of carbonyl (C=O) groups excluding carboxylic acids is 2. The molecule has 0 aromatic rings. The van der Waals surface area contributed by atoms with Crippen molar-refractivity contribution in [3.63, 3.8) is 0 Å². The van der Waals surface area contributed by atoms with Gasteiger partial charge in [-0.05, 0) is 89.0 Å². The number of aliphatic imine (C=N–C) groups is 1. The molecule has 0 aromatic carbocycles. The van der Waals surface area contributed by atoms with E-state index in [4.69, 9.17) is 50.8 Å². The number of hydrogen-bond donors (Lipinski definition) is 2. The molecule has 68 heavy (non-hydrogen) atoms. The van der Waals surface area contributed by atoms with Gasteiger partial charge in [0.1, 0.15) is 29.6 Å². The molecule has 0 radical (unpaired) electrons. The lowest BCUT2D eigenvalue weighted by atomic mass is 9.82. The molecule has 1 saturated carbocycles. The number of hydrogen-bond acceptors (Lipinski definition) is 13. The van der Waals surface area contributed by atoms with Gasteiger partial charge in [-0.15, -0.1) is 0 Å². The molecule has 378 valence electrons. The van der Waals surface area contributed by atoms with Crippen molar-refractivity contribution in [1.29, 1.82) is 0 Å². The summed E-state index contributed by atoms with van der Waals surface area (Å²) in [5, 5.41) is 3.85. The number of ether oxygens (including phenoxy) is 7. The fourth-order valence-electron chi connectivity index (χ4n) is 13.4. The highest BCUT2D eigenvalue weighted by Crippen LogP contribution is 2.46. The van der Waals surface area contributed by atoms with Crippen LogP contribution >= 0.6 is 12.6 Å². The second kappa shape index (κ2) is 22.6. The Hall–Kier alpha value is -3.08. The Bertz CT molecular complexity index is 1950. The summed E-state index contributed by atoms with van der Waals surface area (Å²) in [7, 11) is 5.10. The Balaban J connectivity index is 0.899. The largest absolute Gasteiger partial charge is 0.498 e. The SMILES string of the molecule is COCCOCCOCCN(CC(C)(C)S)[C@@H]1C=C(COC2=C(OC)C[C@H]3C(=O)N4[C@H](CNC3C2)CC2CCCC[C@@H]24)CC(COC2=C(OC)C[C@@H]3C(=O)N4C5=CCCC[C@@H]5C[C@H]4C=N[C@@H]3C2)C1. The van der Waals surface area contributed by atoms with Crippen molar-refractivity contribution < 1.29 is 42.7 Å². The number of carbonyl (C=O) groups is 2. The number of nitrogens with one attached hydrogen (secondary N) is 1. The van der Waals surface area contributed by atoms with Crippen LogP contribution in [0.1, 0.15) is 110 Å². The highest BCUT2D eigenvalue weighted by Gasteiger charge is 2.51. The molecule has 1 N–H and O–H groups in total. The highest BCUT2D eigenvalue weighted by molar-refractivity contribution is 7.81. The van der Waals surface area contributed by atoms with Crippen LogP contribution in [0, 0.1) is 29.6 Å². The van der Waals surface area contributed by atoms with E-state index < -0.39 is 0 Å². The van der Waals surface area contributed by atoms with Crippen LogP contribution in [-0.2, 0) is 42.7 Å². The number of nitrogens with zero attached hydrogens (tertiary/aromatic N) is 4. The smallest absolute Gasteiger partial charge is 0.233 e. The maximum absolute atomic E-state index is 14.4. The quantitative estimate of drug-likeness (QED) is 0.0758. The summed E-state index contributed by atoms with van der Waals surface area (Å²) in [4.78, 5) is 40.6. The molecule has 9 rings (SSSR count). The molecule has 11 atom stereocenters. The molecule has 2 amide bonds. The summed E-state index contributed by atoms with van der Waals surface area (Å²) in [5.41, 5.74) is 2.43. The monoisotopic (exact) mass is 964 g/mol. The Labute approximate surface area is 411 Å². The first-order chi connectivity index (χ1) is 33.0. The Morgan fingerprint density at radius 2 is 1.59 bits per heavy atom. The summed E-state index contributed by atoms with van der Waals surface area (Å²) in [6.45, 7) is 10.3. The van der Waals surface area contributed by atoms with Crippen LogP contribution in [-0.4, -0.2) is 161 Å². The predicted molar refractivity (Wildman–Crippen MR) is 264 cm³/mol. The molecule has 3 saturated heterocycles. The van der Waals surface area contributed by atoms with Gasteiger partial charge in [-0.1, -0.05) is 25.0 Å². The number of fused-ring (bicyclic) bond motifs is 8. The third-order valence-electron chi connectivity index (χ3n) is 16.6. The molecule has 14 nitrogen and oxygen atoms in total. The fourth-order valence-corrected chi connectivity index (χ4v) is 13.6. The Morgan fingerprint density at radius 3 is 2.38 bits per heavy atom. The van der Waals surface area contributed by atoms with Crippen molar-refractivity contribution in [3.05, 3.63) is 46.5 Å². The summed E-state index contributed by atoms with van der Waals surface area (Å²) >= 11 is 5.02. The average Bonchev–Trinajstić information content (AvgIpc) is 3.83. The lowest BCUT2D eigenvalue weighted by Crippen LogP contribution is -2.48. The van der Waals surface area contributed by atoms with Gasteiger partial charge in [0.05, 0.1) is 77.8 Å². The fraction of sp³-hybridized carbons (Fsp3) is 0.792. The molecule has 0 spiro atoms. The van der Waals surface area contributed by atoms with Gasteiger partial charge in [-0.25, -0.2) is 0 Å². The molecule has 5 aliphatic carbocycles. The van der Waals surface area contributed by atoms with E-state index in [0.29, 0.717) is 95.7 Å². The van der Waals surface area contributed by atoms with E-state index in [9.17, 15) is 9.59 Å². The van der Waals surface area contributed by atoms with Gasteiger partial charge >= 0.3 is 0 Å². The minimum absolute atomic E-state index is 0.0150. The standard InChI is InChI=1S/C53H81N5O9S/c1-53(2,68)33-56(14-15-64-18-19-65-17-16-61-3)38-21-34(31-66-49-27-43-41(25-47(49)62-4)51(59)57-39(29-54-43)23-36-10-6-8-12-45(36)57)20-35(22-38)32-67-50-28-44-42(26-48(50)63-5)52(60)58-40(30-55-44)24-37-11-7-9-13-46(37)58/h12,22,29,34,36-44,46,55,68H,6-11,13-21,23-28,30-33H2,1-5H3/t34?,36-,37?,38+,39+,40+,41+,42-,43-,44?,46+/m1/s1. The summed E-state index contributed by atoms with van der Waals surface area (Å²) in [5.74, 6) is 4.55. The van der Waals surface area contributed by atoms with Crippen LogP contribution in [0.25, 0.3) is 0 Å². The Morgan fingerprint density at radius 1 is 0.824 bits per heavy atom. The zero-order valence-corrected chi connectivity index (χ0v) is 42.6. The van der Waals surface area contributed by atoms with Crippen LogP contribution in [0.4, 0.5) is 0 Å². The zero-order chi connectivity index (χ0) is 47.4. The second-order valence-corrected chi connectivity index (χ2v) is 23.0. The summed E-state index contributed by atoms with van der Waals surface area (Å²) in [6.07, 6.45) is 21.0. The van der Waals surface area contributed by atoms with E-state index in [-0.39, 0.29) is 58.6 Å². The average molecular weight is 964 g/mol. The van der Waals surface area contributed by atoms with Gasteiger partial charge in [0.25, 0.3) is 0 Å². The Kier molecular flexibility index (Phi) is 16.5. The number of allylic oxidation sites excluding steroid dienone is 4. The molecule has 4 heterocycles. The summed E-state index contributed by atoms with van der Waals surface area (Å²) < 4.78 is 42.4. The normalized spacial score (nSPS) is 33.7. The van der Waals surface area contributed by atoms with Crippen molar-refractivity contribution in [2.24, 2.45) is 34.6 Å². The first kappa shape index (κ1) is 49.9. The highest BCUT2D eigenvalue weighted by atomic mass is 32.1. The van der Waals surface area contributed by atoms with E-state index in [1.54, 1.807) is 21.3 Å². The molecule has 15 heteroatoms. The maximum Gasteiger partial charge on any atom is 0.233 e. The minimum atomic E-state index is -0.266. The lowest BCUT2D eigenvalue weighted by Gasteiger charge is -2.39.